The molecule has 1 aromatic rings. The fraction of sp³-hybridized carbons (Fsp3) is 0.556. The van der Waals surface area contributed by atoms with Crippen LogP contribution in [0, 0.1) is 5.92 Å². The molecular formula is C18H21NO6. The number of carboxylic acid groups (broad SMARTS) is 1. The maximum atomic E-state index is 12.6. The summed E-state index contributed by atoms with van der Waals surface area (Å²) in [7, 11) is 0. The predicted octanol–water partition coefficient (Wildman–Crippen LogP) is 1.96. The van der Waals surface area contributed by atoms with Gasteiger partial charge >= 0.3 is 5.97 Å². The number of hydrogen-bond donors (Lipinski definition) is 1. The minimum absolute atomic E-state index is 0.0329. The number of ether oxygens (including phenoxy) is 3. The first-order valence-electron chi connectivity index (χ1n) is 8.67. The highest BCUT2D eigenvalue weighted by atomic mass is 16.7. The first-order chi connectivity index (χ1) is 12.1. The number of fused-ring (bicyclic) bond motifs is 1. The summed E-state index contributed by atoms with van der Waals surface area (Å²) < 4.78 is 16.7. The third kappa shape index (κ3) is 2.93. The van der Waals surface area contributed by atoms with Crippen LogP contribution in [-0.2, 0) is 14.3 Å². The smallest absolute Gasteiger partial charge is 0.308 e. The number of amides is 1. The molecule has 4 rings (SSSR count). The van der Waals surface area contributed by atoms with Crippen molar-refractivity contribution in [1.29, 1.82) is 0 Å². The van der Waals surface area contributed by atoms with Gasteiger partial charge in [-0.3, -0.25) is 9.59 Å². The summed E-state index contributed by atoms with van der Waals surface area (Å²) >= 11 is 0. The first-order valence-corrected chi connectivity index (χ1v) is 8.67. The quantitative estimate of drug-likeness (QED) is 0.896. The molecular weight excluding hydrogens is 326 g/mol. The number of benzene rings is 1. The van der Waals surface area contributed by atoms with Crippen LogP contribution >= 0.6 is 0 Å². The second-order valence-corrected chi connectivity index (χ2v) is 6.69. The summed E-state index contributed by atoms with van der Waals surface area (Å²) in [5, 5.41) is 9.74. The molecule has 2 fully saturated rings. The number of rotatable bonds is 4. The molecule has 3 atom stereocenters. The number of carbonyl (C=O) groups excluding carboxylic acids is 1. The lowest BCUT2D eigenvalue weighted by Crippen LogP contribution is -2.48. The third-order valence-corrected chi connectivity index (χ3v) is 5.19. The maximum absolute atomic E-state index is 12.6. The summed E-state index contributed by atoms with van der Waals surface area (Å²) in [4.78, 5) is 26.2. The van der Waals surface area contributed by atoms with Gasteiger partial charge in [-0.2, -0.15) is 0 Å². The van der Waals surface area contributed by atoms with E-state index in [0.29, 0.717) is 36.6 Å². The lowest BCUT2D eigenvalue weighted by atomic mass is 9.83. The largest absolute Gasteiger partial charge is 0.481 e. The SMILES string of the molecule is O=C(O)[C@@H]1CCC(=O)N(C[C@H]2CCCO2)[C@H]1c1cccc2c1OCO2. The third-order valence-electron chi connectivity index (χ3n) is 5.19. The predicted molar refractivity (Wildman–Crippen MR) is 86.4 cm³/mol. The van der Waals surface area contributed by atoms with E-state index in [-0.39, 0.29) is 25.2 Å². The Bertz CT molecular complexity index is 684. The number of piperidine rings is 1. The first kappa shape index (κ1) is 16.2. The van der Waals surface area contributed by atoms with Gasteiger partial charge < -0.3 is 24.2 Å². The van der Waals surface area contributed by atoms with Gasteiger partial charge in [0.05, 0.1) is 18.1 Å². The van der Waals surface area contributed by atoms with Crippen molar-refractivity contribution in [1.82, 2.24) is 4.90 Å². The Morgan fingerprint density at radius 2 is 2.16 bits per heavy atom. The van der Waals surface area contributed by atoms with E-state index in [1.165, 1.54) is 0 Å². The molecule has 1 amide bonds. The zero-order valence-corrected chi connectivity index (χ0v) is 13.8. The van der Waals surface area contributed by atoms with Gasteiger partial charge in [-0.1, -0.05) is 12.1 Å². The monoisotopic (exact) mass is 347 g/mol. The van der Waals surface area contributed by atoms with Crippen LogP contribution in [0.2, 0.25) is 0 Å². The van der Waals surface area contributed by atoms with E-state index in [9.17, 15) is 14.7 Å². The van der Waals surface area contributed by atoms with Crippen LogP contribution in [0.3, 0.4) is 0 Å². The highest BCUT2D eigenvalue weighted by molar-refractivity contribution is 5.82. The van der Waals surface area contributed by atoms with E-state index >= 15 is 0 Å². The number of aliphatic carboxylic acids is 1. The van der Waals surface area contributed by atoms with Gasteiger partial charge in [0.15, 0.2) is 11.5 Å². The van der Waals surface area contributed by atoms with Crippen LogP contribution in [0.5, 0.6) is 11.5 Å². The van der Waals surface area contributed by atoms with Crippen molar-refractivity contribution in [3.8, 4) is 11.5 Å². The van der Waals surface area contributed by atoms with Crippen molar-refractivity contribution in [3.63, 3.8) is 0 Å². The van der Waals surface area contributed by atoms with E-state index in [1.54, 1.807) is 11.0 Å². The number of likely N-dealkylation sites (tertiary alicyclic amines) is 1. The molecule has 3 heterocycles. The Hall–Kier alpha value is -2.28. The van der Waals surface area contributed by atoms with Crippen molar-refractivity contribution in [2.24, 2.45) is 5.92 Å². The molecule has 3 aliphatic rings. The van der Waals surface area contributed by atoms with Crippen molar-refractivity contribution in [2.75, 3.05) is 19.9 Å². The number of para-hydroxylation sites is 1. The van der Waals surface area contributed by atoms with Crippen LogP contribution < -0.4 is 9.47 Å². The van der Waals surface area contributed by atoms with E-state index < -0.39 is 17.9 Å². The standard InChI is InChI=1S/C18H21NO6/c20-15-7-6-13(18(21)22)16(19(15)9-11-3-2-8-23-11)12-4-1-5-14-17(12)25-10-24-14/h1,4-5,11,13,16H,2-3,6-10H2,(H,21,22)/t11-,13-,16+/m1/s1. The molecule has 7 nitrogen and oxygen atoms in total. The molecule has 2 saturated heterocycles. The van der Waals surface area contributed by atoms with Crippen molar-refractivity contribution in [2.45, 2.75) is 37.8 Å². The van der Waals surface area contributed by atoms with Gasteiger partial charge in [0.1, 0.15) is 0 Å². The molecule has 3 aliphatic heterocycles. The van der Waals surface area contributed by atoms with Gasteiger partial charge in [0.25, 0.3) is 0 Å². The molecule has 0 radical (unpaired) electrons. The van der Waals surface area contributed by atoms with Gasteiger partial charge in [-0.25, -0.2) is 0 Å². The Morgan fingerprint density at radius 1 is 1.28 bits per heavy atom. The van der Waals surface area contributed by atoms with Crippen LogP contribution in [0.25, 0.3) is 0 Å². The molecule has 25 heavy (non-hydrogen) atoms. The Morgan fingerprint density at radius 3 is 2.92 bits per heavy atom. The molecule has 0 aromatic heterocycles. The molecule has 0 unspecified atom stereocenters. The second-order valence-electron chi connectivity index (χ2n) is 6.69. The lowest BCUT2D eigenvalue weighted by molar-refractivity contribution is -0.153. The number of carboxylic acids is 1. The van der Waals surface area contributed by atoms with Gasteiger partial charge in [-0.15, -0.1) is 0 Å². The highest BCUT2D eigenvalue weighted by Gasteiger charge is 2.43. The van der Waals surface area contributed by atoms with Crippen molar-refractivity contribution >= 4 is 11.9 Å². The summed E-state index contributed by atoms with van der Waals surface area (Å²) in [5.74, 6) is -0.460. The fourth-order valence-electron chi connectivity index (χ4n) is 4.00. The van der Waals surface area contributed by atoms with Gasteiger partial charge in [-0.05, 0) is 25.3 Å². The van der Waals surface area contributed by atoms with E-state index in [4.69, 9.17) is 14.2 Å². The Kier molecular flexibility index (Phi) is 4.25. The molecule has 134 valence electrons. The number of nitrogens with zero attached hydrogens (tertiary/aromatic N) is 1. The molecule has 0 spiro atoms. The molecule has 1 aromatic carbocycles. The van der Waals surface area contributed by atoms with E-state index in [0.717, 1.165) is 12.8 Å². The van der Waals surface area contributed by atoms with Gasteiger partial charge in [0.2, 0.25) is 12.7 Å². The normalized spacial score (nSPS) is 28.4. The zero-order chi connectivity index (χ0) is 17.4. The number of hydrogen-bond acceptors (Lipinski definition) is 5. The molecule has 0 bridgehead atoms. The topological polar surface area (TPSA) is 85.3 Å². The van der Waals surface area contributed by atoms with Crippen LogP contribution in [0.15, 0.2) is 18.2 Å². The van der Waals surface area contributed by atoms with Gasteiger partial charge in [0, 0.05) is 25.1 Å². The minimum Gasteiger partial charge on any atom is -0.481 e. The van der Waals surface area contributed by atoms with Crippen LogP contribution in [0.1, 0.15) is 37.3 Å². The summed E-state index contributed by atoms with van der Waals surface area (Å²) in [6, 6.07) is 4.86. The van der Waals surface area contributed by atoms with Crippen molar-refractivity contribution < 1.29 is 28.9 Å². The highest BCUT2D eigenvalue weighted by Crippen LogP contribution is 2.46. The average molecular weight is 347 g/mol. The Balaban J connectivity index is 1.73. The van der Waals surface area contributed by atoms with Crippen LogP contribution in [0.4, 0.5) is 0 Å². The summed E-state index contributed by atoms with van der Waals surface area (Å²) in [5.41, 5.74) is 0.702. The molecule has 1 N–H and O–H groups in total. The average Bonchev–Trinajstić information content (AvgIpc) is 3.27. The van der Waals surface area contributed by atoms with Crippen LogP contribution in [-0.4, -0.2) is 47.9 Å². The lowest BCUT2D eigenvalue weighted by Gasteiger charge is -2.41. The summed E-state index contributed by atoms with van der Waals surface area (Å²) in [6.45, 7) is 1.21. The minimum atomic E-state index is -0.897. The molecule has 0 aliphatic carbocycles. The maximum Gasteiger partial charge on any atom is 0.308 e. The summed E-state index contributed by atoms with van der Waals surface area (Å²) in [6.07, 6.45) is 2.39. The molecule has 7 heteroatoms. The fourth-order valence-corrected chi connectivity index (χ4v) is 4.00. The Labute approximate surface area is 145 Å². The zero-order valence-electron chi connectivity index (χ0n) is 13.8. The van der Waals surface area contributed by atoms with E-state index in [1.807, 2.05) is 12.1 Å². The van der Waals surface area contributed by atoms with E-state index in [2.05, 4.69) is 0 Å². The number of carbonyl (C=O) groups is 2. The second kappa shape index (κ2) is 6.55. The molecule has 0 saturated carbocycles. The van der Waals surface area contributed by atoms with Crippen molar-refractivity contribution in [3.05, 3.63) is 23.8 Å².